The molecule has 2 amide bonds. The number of nitrogens with zero attached hydrogens (tertiary/aromatic N) is 2. The van der Waals surface area contributed by atoms with Gasteiger partial charge in [-0.05, 0) is 29.9 Å². The summed E-state index contributed by atoms with van der Waals surface area (Å²) in [6, 6.07) is 3.53. The molecule has 0 unspecified atom stereocenters. The van der Waals surface area contributed by atoms with Gasteiger partial charge in [0.25, 0.3) is 5.91 Å². The van der Waals surface area contributed by atoms with E-state index in [1.54, 1.807) is 30.6 Å². The van der Waals surface area contributed by atoms with Crippen LogP contribution in [0.1, 0.15) is 12.5 Å². The molecule has 0 atom stereocenters. The van der Waals surface area contributed by atoms with E-state index in [1.165, 1.54) is 11.8 Å². The van der Waals surface area contributed by atoms with Gasteiger partial charge in [0.15, 0.2) is 5.11 Å². The van der Waals surface area contributed by atoms with Crippen LogP contribution < -0.4 is 5.32 Å². The first-order valence-electron chi connectivity index (χ1n) is 4.87. The summed E-state index contributed by atoms with van der Waals surface area (Å²) < 4.78 is 0. The number of carbonyl (C=O) groups is 2. The van der Waals surface area contributed by atoms with Crippen LogP contribution in [0.15, 0.2) is 30.2 Å². The Morgan fingerprint density at radius 2 is 2.35 bits per heavy atom. The molecule has 1 aliphatic heterocycles. The van der Waals surface area contributed by atoms with Crippen molar-refractivity contribution in [2.45, 2.75) is 6.92 Å². The summed E-state index contributed by atoms with van der Waals surface area (Å²) >= 11 is 4.90. The molecule has 2 heterocycles. The number of nitrogens with one attached hydrogen (secondary N) is 1. The van der Waals surface area contributed by atoms with E-state index in [9.17, 15) is 9.59 Å². The second-order valence-corrected chi connectivity index (χ2v) is 3.82. The quantitative estimate of drug-likeness (QED) is 0.585. The first kappa shape index (κ1) is 11.4. The molecule has 0 aliphatic carbocycles. The summed E-state index contributed by atoms with van der Waals surface area (Å²) in [6.45, 7) is 1.35. The van der Waals surface area contributed by atoms with Crippen molar-refractivity contribution in [3.05, 3.63) is 35.8 Å². The second kappa shape index (κ2) is 4.42. The Hall–Kier alpha value is -2.08. The van der Waals surface area contributed by atoms with Gasteiger partial charge < -0.3 is 0 Å². The van der Waals surface area contributed by atoms with Crippen molar-refractivity contribution in [2.24, 2.45) is 0 Å². The summed E-state index contributed by atoms with van der Waals surface area (Å²) in [5.41, 5.74) is 0.948. The van der Waals surface area contributed by atoms with Gasteiger partial charge in [-0.2, -0.15) is 0 Å². The van der Waals surface area contributed by atoms with E-state index in [2.05, 4.69) is 10.3 Å². The first-order chi connectivity index (χ1) is 8.09. The van der Waals surface area contributed by atoms with Gasteiger partial charge in [0.1, 0.15) is 5.70 Å². The highest BCUT2D eigenvalue weighted by molar-refractivity contribution is 7.80. The molecule has 6 heteroatoms. The fourth-order valence-electron chi connectivity index (χ4n) is 1.49. The minimum absolute atomic E-state index is 0.109. The maximum Gasteiger partial charge on any atom is 0.274 e. The fourth-order valence-corrected chi connectivity index (χ4v) is 1.81. The van der Waals surface area contributed by atoms with Crippen LogP contribution in [-0.2, 0) is 9.59 Å². The topological polar surface area (TPSA) is 62.3 Å². The van der Waals surface area contributed by atoms with E-state index >= 15 is 0 Å². The van der Waals surface area contributed by atoms with Crippen molar-refractivity contribution in [1.29, 1.82) is 0 Å². The van der Waals surface area contributed by atoms with E-state index in [0.29, 0.717) is 0 Å². The van der Waals surface area contributed by atoms with Crippen molar-refractivity contribution in [2.75, 3.05) is 0 Å². The van der Waals surface area contributed by atoms with Crippen LogP contribution in [0.5, 0.6) is 0 Å². The molecular formula is C11H9N3O2S. The standard InChI is InChI=1S/C11H9N3O2S/c1-7(15)14-9(10(16)13-11(14)17)5-8-3-2-4-12-6-8/h2-6H,1H3,(H,13,16,17)/b9-5-. The zero-order valence-electron chi connectivity index (χ0n) is 9.01. The van der Waals surface area contributed by atoms with E-state index in [1.807, 2.05) is 0 Å². The molecule has 1 fully saturated rings. The van der Waals surface area contributed by atoms with Gasteiger partial charge in [0.05, 0.1) is 0 Å². The van der Waals surface area contributed by atoms with Gasteiger partial charge in [0.2, 0.25) is 5.91 Å². The average Bonchev–Trinajstić information content (AvgIpc) is 2.55. The highest BCUT2D eigenvalue weighted by atomic mass is 32.1. The van der Waals surface area contributed by atoms with E-state index in [0.717, 1.165) is 5.56 Å². The summed E-state index contributed by atoms with van der Waals surface area (Å²) in [5, 5.41) is 2.54. The van der Waals surface area contributed by atoms with Crippen molar-refractivity contribution >= 4 is 35.2 Å². The molecule has 0 bridgehead atoms. The summed E-state index contributed by atoms with van der Waals surface area (Å²) in [5.74, 6) is -0.683. The van der Waals surface area contributed by atoms with Crippen LogP contribution in [0.25, 0.3) is 6.08 Å². The molecule has 1 aromatic heterocycles. The van der Waals surface area contributed by atoms with Crippen LogP contribution in [0.2, 0.25) is 0 Å². The molecule has 86 valence electrons. The van der Waals surface area contributed by atoms with Gasteiger partial charge in [-0.15, -0.1) is 0 Å². The third kappa shape index (κ3) is 2.21. The number of aromatic nitrogens is 1. The zero-order valence-corrected chi connectivity index (χ0v) is 9.82. The average molecular weight is 247 g/mol. The van der Waals surface area contributed by atoms with Crippen LogP contribution in [0, 0.1) is 0 Å². The molecule has 17 heavy (non-hydrogen) atoms. The van der Waals surface area contributed by atoms with Gasteiger partial charge >= 0.3 is 0 Å². The lowest BCUT2D eigenvalue weighted by atomic mass is 10.2. The highest BCUT2D eigenvalue weighted by Crippen LogP contribution is 2.16. The van der Waals surface area contributed by atoms with Crippen molar-refractivity contribution in [1.82, 2.24) is 15.2 Å². The second-order valence-electron chi connectivity index (χ2n) is 3.43. The van der Waals surface area contributed by atoms with Crippen molar-refractivity contribution in [3.63, 3.8) is 0 Å². The first-order valence-corrected chi connectivity index (χ1v) is 5.28. The molecule has 1 N–H and O–H groups in total. The van der Waals surface area contributed by atoms with Crippen molar-refractivity contribution in [3.8, 4) is 0 Å². The number of hydrogen-bond acceptors (Lipinski definition) is 4. The monoisotopic (exact) mass is 247 g/mol. The highest BCUT2D eigenvalue weighted by Gasteiger charge is 2.32. The maximum atomic E-state index is 11.6. The smallest absolute Gasteiger partial charge is 0.274 e. The summed E-state index contributed by atoms with van der Waals surface area (Å²) in [7, 11) is 0. The number of pyridine rings is 1. The Bertz CT molecular complexity index is 525. The lowest BCUT2D eigenvalue weighted by Crippen LogP contribution is -2.31. The third-order valence-electron chi connectivity index (χ3n) is 2.20. The SMILES string of the molecule is CC(=O)N1C(=S)NC(=O)/C1=C/c1cccnc1. The van der Waals surface area contributed by atoms with E-state index < -0.39 is 0 Å². The molecule has 5 nitrogen and oxygen atoms in total. The number of carbonyl (C=O) groups excluding carboxylic acids is 2. The minimum atomic E-state index is -0.381. The van der Waals surface area contributed by atoms with Gasteiger partial charge in [0, 0.05) is 19.3 Å². The lowest BCUT2D eigenvalue weighted by Gasteiger charge is -2.11. The molecule has 0 aromatic carbocycles. The van der Waals surface area contributed by atoms with Crippen LogP contribution >= 0.6 is 12.2 Å². The van der Waals surface area contributed by atoms with Gasteiger partial charge in [-0.3, -0.25) is 24.8 Å². The summed E-state index contributed by atoms with van der Waals surface area (Å²) in [4.78, 5) is 28.1. The molecule has 1 aromatic rings. The Kier molecular flexibility index (Phi) is 2.97. The zero-order chi connectivity index (χ0) is 12.4. The van der Waals surface area contributed by atoms with Crippen LogP contribution in [0.4, 0.5) is 0 Å². The number of hydrogen-bond donors (Lipinski definition) is 1. The van der Waals surface area contributed by atoms with Gasteiger partial charge in [-0.25, -0.2) is 0 Å². The van der Waals surface area contributed by atoms with E-state index in [4.69, 9.17) is 12.2 Å². The Morgan fingerprint density at radius 3 is 2.94 bits per heavy atom. The number of rotatable bonds is 1. The molecule has 2 rings (SSSR count). The fraction of sp³-hybridized carbons (Fsp3) is 0.0909. The summed E-state index contributed by atoms with van der Waals surface area (Å²) in [6.07, 6.45) is 4.80. The van der Waals surface area contributed by atoms with E-state index in [-0.39, 0.29) is 22.6 Å². The van der Waals surface area contributed by atoms with Crippen LogP contribution in [0.3, 0.4) is 0 Å². The minimum Gasteiger partial charge on any atom is -0.297 e. The largest absolute Gasteiger partial charge is 0.297 e. The molecular weight excluding hydrogens is 238 g/mol. The lowest BCUT2D eigenvalue weighted by molar-refractivity contribution is -0.125. The molecule has 0 spiro atoms. The molecule has 1 saturated heterocycles. The molecule has 1 aliphatic rings. The predicted octanol–water partition coefficient (Wildman–Crippen LogP) is 0.686. The molecule has 0 radical (unpaired) electrons. The number of amides is 2. The Balaban J connectivity index is 2.42. The predicted molar refractivity (Wildman–Crippen MR) is 65.5 cm³/mol. The van der Waals surface area contributed by atoms with Crippen LogP contribution in [-0.4, -0.2) is 26.8 Å². The Labute approximate surface area is 103 Å². The Morgan fingerprint density at radius 1 is 1.59 bits per heavy atom. The van der Waals surface area contributed by atoms with Crippen molar-refractivity contribution < 1.29 is 9.59 Å². The van der Waals surface area contributed by atoms with Gasteiger partial charge in [-0.1, -0.05) is 6.07 Å². The normalized spacial score (nSPS) is 17.5. The third-order valence-corrected chi connectivity index (χ3v) is 2.48. The molecule has 0 saturated carbocycles. The number of thiocarbonyl (C=S) groups is 1. The maximum absolute atomic E-state index is 11.6.